The van der Waals surface area contributed by atoms with Gasteiger partial charge in [-0.25, -0.2) is 0 Å². The fourth-order valence-electron chi connectivity index (χ4n) is 3.21. The summed E-state index contributed by atoms with van der Waals surface area (Å²) in [6.07, 6.45) is 4.16. The molecule has 0 amide bonds. The molecule has 0 saturated heterocycles. The van der Waals surface area contributed by atoms with Crippen LogP contribution in [0.15, 0.2) is 24.3 Å². The van der Waals surface area contributed by atoms with Gasteiger partial charge in [0.25, 0.3) is 0 Å². The Morgan fingerprint density at radius 3 is 2.50 bits per heavy atom. The second-order valence-corrected chi connectivity index (χ2v) is 6.11. The summed E-state index contributed by atoms with van der Waals surface area (Å²) in [6.45, 7) is 4.56. The van der Waals surface area contributed by atoms with Gasteiger partial charge < -0.3 is 9.84 Å². The van der Waals surface area contributed by atoms with Crippen molar-refractivity contribution in [3.05, 3.63) is 29.8 Å². The van der Waals surface area contributed by atoms with E-state index in [1.54, 1.807) is 7.11 Å². The molecular weight excluding hydrogens is 224 g/mol. The molecule has 1 N–H and O–H groups in total. The predicted molar refractivity (Wildman–Crippen MR) is 73.8 cm³/mol. The molecule has 0 spiro atoms. The first-order valence-corrected chi connectivity index (χ1v) is 6.84. The molecule has 1 aliphatic rings. The van der Waals surface area contributed by atoms with E-state index in [1.165, 1.54) is 18.4 Å². The molecule has 0 bridgehead atoms. The molecule has 2 heteroatoms. The van der Waals surface area contributed by atoms with Crippen LogP contribution in [0.3, 0.4) is 0 Å². The van der Waals surface area contributed by atoms with Crippen LogP contribution in [0.2, 0.25) is 0 Å². The van der Waals surface area contributed by atoms with Gasteiger partial charge in [0, 0.05) is 0 Å². The predicted octanol–water partition coefficient (Wildman–Crippen LogP) is 3.42. The van der Waals surface area contributed by atoms with E-state index in [4.69, 9.17) is 4.74 Å². The van der Waals surface area contributed by atoms with E-state index in [2.05, 4.69) is 13.8 Å². The van der Waals surface area contributed by atoms with Gasteiger partial charge in [0.15, 0.2) is 0 Å². The zero-order chi connectivity index (χ0) is 13.2. The van der Waals surface area contributed by atoms with E-state index in [9.17, 15) is 5.11 Å². The Morgan fingerprint density at radius 2 is 2.00 bits per heavy atom. The molecule has 2 rings (SSSR count). The van der Waals surface area contributed by atoms with E-state index in [0.717, 1.165) is 18.6 Å². The lowest BCUT2D eigenvalue weighted by Gasteiger charge is -2.31. The van der Waals surface area contributed by atoms with E-state index in [1.807, 2.05) is 24.3 Å². The Balaban J connectivity index is 2.00. The van der Waals surface area contributed by atoms with Gasteiger partial charge in [0.1, 0.15) is 5.75 Å². The minimum absolute atomic E-state index is 0.226. The number of methoxy groups -OCH3 is 1. The van der Waals surface area contributed by atoms with Gasteiger partial charge in [0.2, 0.25) is 0 Å². The molecule has 2 unspecified atom stereocenters. The molecule has 2 nitrogen and oxygen atoms in total. The fourth-order valence-corrected chi connectivity index (χ4v) is 3.21. The van der Waals surface area contributed by atoms with Gasteiger partial charge in [-0.1, -0.05) is 32.4 Å². The van der Waals surface area contributed by atoms with E-state index < -0.39 is 0 Å². The van der Waals surface area contributed by atoms with Gasteiger partial charge in [-0.3, -0.25) is 0 Å². The number of hydrogen-bond acceptors (Lipinski definition) is 2. The fraction of sp³-hybridized carbons (Fsp3) is 0.625. The van der Waals surface area contributed by atoms with Crippen LogP contribution in [0.5, 0.6) is 5.75 Å². The third-order valence-corrected chi connectivity index (χ3v) is 4.41. The van der Waals surface area contributed by atoms with Crippen molar-refractivity contribution < 1.29 is 9.84 Å². The molecule has 1 saturated carbocycles. The average Bonchev–Trinajstić information content (AvgIpc) is 2.70. The highest BCUT2D eigenvalue weighted by atomic mass is 16.5. The largest absolute Gasteiger partial charge is 0.497 e. The van der Waals surface area contributed by atoms with Gasteiger partial charge in [-0.15, -0.1) is 0 Å². The van der Waals surface area contributed by atoms with Crippen LogP contribution in [0.1, 0.15) is 38.7 Å². The molecule has 1 aliphatic carbocycles. The van der Waals surface area contributed by atoms with Gasteiger partial charge in [-0.2, -0.15) is 0 Å². The first-order chi connectivity index (χ1) is 8.53. The summed E-state index contributed by atoms with van der Waals surface area (Å²) in [5, 5.41) is 10.4. The number of benzene rings is 1. The topological polar surface area (TPSA) is 29.5 Å². The van der Waals surface area contributed by atoms with Crippen LogP contribution >= 0.6 is 0 Å². The van der Waals surface area contributed by atoms with Gasteiger partial charge >= 0.3 is 0 Å². The van der Waals surface area contributed by atoms with Crippen molar-refractivity contribution in [1.82, 2.24) is 0 Å². The number of ether oxygens (including phenoxy) is 1. The summed E-state index contributed by atoms with van der Waals surface area (Å²) >= 11 is 0. The monoisotopic (exact) mass is 248 g/mol. The zero-order valence-electron chi connectivity index (χ0n) is 11.6. The van der Waals surface area contributed by atoms with Crippen molar-refractivity contribution in [1.29, 1.82) is 0 Å². The molecule has 1 aromatic rings. The van der Waals surface area contributed by atoms with Crippen molar-refractivity contribution in [3.8, 4) is 5.75 Å². The molecule has 0 radical (unpaired) electrons. The Labute approximate surface area is 110 Å². The SMILES string of the molecule is COc1ccc(CC(O)C2CCCC2(C)C)cc1. The van der Waals surface area contributed by atoms with Crippen LogP contribution in [0, 0.1) is 11.3 Å². The van der Waals surface area contributed by atoms with E-state index in [-0.39, 0.29) is 11.5 Å². The maximum atomic E-state index is 10.4. The second-order valence-electron chi connectivity index (χ2n) is 6.11. The molecule has 0 aromatic heterocycles. The summed E-state index contributed by atoms with van der Waals surface area (Å²) in [6, 6.07) is 8.01. The van der Waals surface area contributed by atoms with Crippen molar-refractivity contribution >= 4 is 0 Å². The van der Waals surface area contributed by atoms with Crippen molar-refractivity contribution in [2.75, 3.05) is 7.11 Å². The zero-order valence-corrected chi connectivity index (χ0v) is 11.6. The molecule has 0 heterocycles. The number of aliphatic hydroxyl groups is 1. The van der Waals surface area contributed by atoms with Crippen molar-refractivity contribution in [2.45, 2.75) is 45.6 Å². The Hall–Kier alpha value is -1.02. The lowest BCUT2D eigenvalue weighted by molar-refractivity contribution is 0.0543. The third-order valence-electron chi connectivity index (χ3n) is 4.41. The number of aliphatic hydroxyl groups excluding tert-OH is 1. The summed E-state index contributed by atoms with van der Waals surface area (Å²) in [5.41, 5.74) is 1.47. The smallest absolute Gasteiger partial charge is 0.118 e. The lowest BCUT2D eigenvalue weighted by Crippen LogP contribution is -2.31. The number of rotatable bonds is 4. The molecule has 18 heavy (non-hydrogen) atoms. The lowest BCUT2D eigenvalue weighted by atomic mass is 9.77. The van der Waals surface area contributed by atoms with Crippen LogP contribution in [-0.4, -0.2) is 18.3 Å². The summed E-state index contributed by atoms with van der Waals surface area (Å²) in [4.78, 5) is 0. The maximum absolute atomic E-state index is 10.4. The summed E-state index contributed by atoms with van der Waals surface area (Å²) in [7, 11) is 1.67. The van der Waals surface area contributed by atoms with Crippen molar-refractivity contribution in [3.63, 3.8) is 0 Å². The van der Waals surface area contributed by atoms with Crippen LogP contribution in [0.25, 0.3) is 0 Å². The molecule has 100 valence electrons. The highest BCUT2D eigenvalue weighted by Crippen LogP contribution is 2.44. The second kappa shape index (κ2) is 5.31. The Kier molecular flexibility index (Phi) is 3.96. The number of hydrogen-bond donors (Lipinski definition) is 1. The van der Waals surface area contributed by atoms with Crippen LogP contribution < -0.4 is 4.74 Å². The van der Waals surface area contributed by atoms with E-state index in [0.29, 0.717) is 5.92 Å². The third kappa shape index (κ3) is 2.86. The highest BCUT2D eigenvalue weighted by Gasteiger charge is 2.38. The average molecular weight is 248 g/mol. The first kappa shape index (κ1) is 13.4. The Bertz CT molecular complexity index is 381. The van der Waals surface area contributed by atoms with Gasteiger partial charge in [0.05, 0.1) is 13.2 Å². The molecular formula is C16H24O2. The van der Waals surface area contributed by atoms with Gasteiger partial charge in [-0.05, 0) is 48.3 Å². The Morgan fingerprint density at radius 1 is 1.33 bits per heavy atom. The maximum Gasteiger partial charge on any atom is 0.118 e. The molecule has 0 aliphatic heterocycles. The van der Waals surface area contributed by atoms with Crippen molar-refractivity contribution in [2.24, 2.45) is 11.3 Å². The molecule has 2 atom stereocenters. The standard InChI is InChI=1S/C16H24O2/c1-16(2)10-4-5-14(16)15(17)11-12-6-8-13(18-3)9-7-12/h6-9,14-15,17H,4-5,10-11H2,1-3H3. The quantitative estimate of drug-likeness (QED) is 0.884. The molecule has 1 fully saturated rings. The normalized spacial score (nSPS) is 23.9. The summed E-state index contributed by atoms with van der Waals surface area (Å²) in [5.74, 6) is 1.30. The minimum atomic E-state index is -0.226. The molecule has 1 aromatic carbocycles. The first-order valence-electron chi connectivity index (χ1n) is 6.84. The van der Waals surface area contributed by atoms with Crippen LogP contribution in [0.4, 0.5) is 0 Å². The summed E-state index contributed by atoms with van der Waals surface area (Å²) < 4.78 is 5.14. The minimum Gasteiger partial charge on any atom is -0.497 e. The van der Waals surface area contributed by atoms with E-state index >= 15 is 0 Å². The van der Waals surface area contributed by atoms with Crippen LogP contribution in [-0.2, 0) is 6.42 Å². The highest BCUT2D eigenvalue weighted by molar-refractivity contribution is 5.27.